The van der Waals surface area contributed by atoms with Crippen LogP contribution < -0.4 is 0 Å². The second-order valence-electron chi connectivity index (χ2n) is 1.99. The van der Waals surface area contributed by atoms with Crippen LogP contribution in [0.3, 0.4) is 0 Å². The Labute approximate surface area is 71.2 Å². The maximum absolute atomic E-state index is 10.8. The Morgan fingerprint density at radius 3 is 2.58 bits per heavy atom. The molecule has 0 aliphatic heterocycles. The third-order valence-electron chi connectivity index (χ3n) is 1.01. The molecule has 0 N–H and O–H groups in total. The predicted octanol–water partition coefficient (Wildman–Crippen LogP) is 0.321. The van der Waals surface area contributed by atoms with Crippen LogP contribution >= 0.6 is 0 Å². The average molecular weight is 172 g/mol. The summed E-state index contributed by atoms with van der Waals surface area (Å²) in [5, 5.41) is 0. The molecule has 68 valence electrons. The van der Waals surface area contributed by atoms with E-state index < -0.39 is 5.97 Å². The minimum Gasteiger partial charge on any atom is -0.454 e. The van der Waals surface area contributed by atoms with E-state index in [1.807, 2.05) is 0 Å². The molecule has 0 fully saturated rings. The van der Waals surface area contributed by atoms with Crippen molar-refractivity contribution in [1.82, 2.24) is 0 Å². The fourth-order valence-corrected chi connectivity index (χ4v) is 0.468. The number of ether oxygens (including phenoxy) is 2. The van der Waals surface area contributed by atoms with Crippen LogP contribution in [0, 0.1) is 0 Å². The highest BCUT2D eigenvalue weighted by molar-refractivity contribution is 5.86. The molecule has 0 radical (unpaired) electrons. The first kappa shape index (κ1) is 10.8. The Balaban J connectivity index is 3.43. The summed E-state index contributed by atoms with van der Waals surface area (Å²) in [6, 6.07) is 0. The van der Waals surface area contributed by atoms with Gasteiger partial charge < -0.3 is 9.47 Å². The maximum atomic E-state index is 10.8. The van der Waals surface area contributed by atoms with Crippen molar-refractivity contribution in [3.05, 3.63) is 12.7 Å². The van der Waals surface area contributed by atoms with Gasteiger partial charge >= 0.3 is 5.97 Å². The lowest BCUT2D eigenvalue weighted by Gasteiger charge is -2.00. The predicted molar refractivity (Wildman–Crippen MR) is 42.7 cm³/mol. The van der Waals surface area contributed by atoms with Gasteiger partial charge in [-0.25, -0.2) is 4.79 Å². The van der Waals surface area contributed by atoms with Crippen molar-refractivity contribution in [2.45, 2.75) is 6.92 Å². The van der Waals surface area contributed by atoms with Crippen LogP contribution in [0.25, 0.3) is 0 Å². The third-order valence-corrected chi connectivity index (χ3v) is 1.01. The molecule has 0 amide bonds. The van der Waals surface area contributed by atoms with Gasteiger partial charge in [0.05, 0.1) is 0 Å². The first-order valence-electron chi connectivity index (χ1n) is 3.59. The van der Waals surface area contributed by atoms with Crippen LogP contribution in [0.1, 0.15) is 6.92 Å². The van der Waals surface area contributed by atoms with Crippen molar-refractivity contribution in [2.75, 3.05) is 19.8 Å². The molecule has 0 aromatic heterocycles. The SMILES string of the molecule is C=CC(=O)OCC(=O)COCC. The molecule has 0 aromatic rings. The van der Waals surface area contributed by atoms with Gasteiger partial charge in [0, 0.05) is 12.7 Å². The normalized spacial score (nSPS) is 9.08. The molecule has 0 aromatic carbocycles. The van der Waals surface area contributed by atoms with Gasteiger partial charge in [0.15, 0.2) is 12.4 Å². The van der Waals surface area contributed by atoms with Gasteiger partial charge in [0.25, 0.3) is 0 Å². The summed E-state index contributed by atoms with van der Waals surface area (Å²) in [5.74, 6) is -0.855. The molecule has 0 unspecified atom stereocenters. The van der Waals surface area contributed by atoms with Gasteiger partial charge in [0.2, 0.25) is 0 Å². The van der Waals surface area contributed by atoms with E-state index >= 15 is 0 Å². The number of ketones is 1. The van der Waals surface area contributed by atoms with Crippen LogP contribution in [0.2, 0.25) is 0 Å². The van der Waals surface area contributed by atoms with E-state index in [4.69, 9.17) is 4.74 Å². The van der Waals surface area contributed by atoms with Gasteiger partial charge in [-0.05, 0) is 6.92 Å². The molecule has 0 aliphatic carbocycles. The van der Waals surface area contributed by atoms with Crippen LogP contribution in [0.4, 0.5) is 0 Å². The first-order valence-corrected chi connectivity index (χ1v) is 3.59. The second kappa shape index (κ2) is 6.54. The standard InChI is InChI=1S/C8H12O4/c1-3-8(10)12-6-7(9)5-11-4-2/h3H,1,4-6H2,2H3. The molecule has 0 aliphatic rings. The number of hydrogen-bond acceptors (Lipinski definition) is 4. The molecule has 0 saturated heterocycles. The summed E-state index contributed by atoms with van der Waals surface area (Å²) in [7, 11) is 0. The van der Waals surface area contributed by atoms with Crippen molar-refractivity contribution in [3.63, 3.8) is 0 Å². The van der Waals surface area contributed by atoms with Crippen LogP contribution in [0.5, 0.6) is 0 Å². The largest absolute Gasteiger partial charge is 0.454 e. The van der Waals surface area contributed by atoms with Gasteiger partial charge in [-0.3, -0.25) is 4.79 Å². The van der Waals surface area contributed by atoms with E-state index in [0.29, 0.717) is 6.61 Å². The number of carbonyl (C=O) groups excluding carboxylic acids is 2. The van der Waals surface area contributed by atoms with Crippen molar-refractivity contribution in [3.8, 4) is 0 Å². The fraction of sp³-hybridized carbons (Fsp3) is 0.500. The van der Waals surface area contributed by atoms with Crippen molar-refractivity contribution in [1.29, 1.82) is 0 Å². The van der Waals surface area contributed by atoms with E-state index in [9.17, 15) is 9.59 Å². The molecule has 0 atom stereocenters. The number of esters is 1. The van der Waals surface area contributed by atoms with Crippen LogP contribution in [-0.2, 0) is 19.1 Å². The molecule has 4 heteroatoms. The summed E-state index contributed by atoms with van der Waals surface area (Å²) < 4.78 is 9.26. The van der Waals surface area contributed by atoms with Gasteiger partial charge in [-0.1, -0.05) is 6.58 Å². The Morgan fingerprint density at radius 1 is 1.42 bits per heavy atom. The van der Waals surface area contributed by atoms with E-state index in [2.05, 4.69) is 11.3 Å². The highest BCUT2D eigenvalue weighted by Crippen LogP contribution is 1.83. The quantitative estimate of drug-likeness (QED) is 0.427. The van der Waals surface area contributed by atoms with E-state index in [1.165, 1.54) is 0 Å². The summed E-state index contributed by atoms with van der Waals surface area (Å²) >= 11 is 0. The lowest BCUT2D eigenvalue weighted by Crippen LogP contribution is -2.17. The highest BCUT2D eigenvalue weighted by atomic mass is 16.5. The Morgan fingerprint density at radius 2 is 2.08 bits per heavy atom. The zero-order valence-electron chi connectivity index (χ0n) is 7.04. The second-order valence-corrected chi connectivity index (χ2v) is 1.99. The first-order chi connectivity index (χ1) is 5.70. The summed E-state index contributed by atoms with van der Waals surface area (Å²) in [6.45, 7) is 5.18. The molecule has 0 bridgehead atoms. The van der Waals surface area contributed by atoms with Crippen molar-refractivity contribution >= 4 is 11.8 Å². The van der Waals surface area contributed by atoms with Crippen molar-refractivity contribution in [2.24, 2.45) is 0 Å². The zero-order chi connectivity index (χ0) is 9.40. The Hall–Kier alpha value is -1.16. The number of carbonyl (C=O) groups is 2. The van der Waals surface area contributed by atoms with Gasteiger partial charge in [-0.2, -0.15) is 0 Å². The lowest BCUT2D eigenvalue weighted by molar-refractivity contribution is -0.144. The Bertz CT molecular complexity index is 174. The highest BCUT2D eigenvalue weighted by Gasteiger charge is 2.03. The van der Waals surface area contributed by atoms with Crippen LogP contribution in [-0.4, -0.2) is 31.6 Å². The fourth-order valence-electron chi connectivity index (χ4n) is 0.468. The number of rotatable bonds is 6. The summed E-state index contributed by atoms with van der Waals surface area (Å²) in [4.78, 5) is 21.2. The summed E-state index contributed by atoms with van der Waals surface area (Å²) in [5.41, 5.74) is 0. The maximum Gasteiger partial charge on any atom is 0.330 e. The monoisotopic (exact) mass is 172 g/mol. The summed E-state index contributed by atoms with van der Waals surface area (Å²) in [6.07, 6.45) is 1.01. The van der Waals surface area contributed by atoms with E-state index in [1.54, 1.807) is 6.92 Å². The molecule has 0 heterocycles. The van der Waals surface area contributed by atoms with Gasteiger partial charge in [-0.15, -0.1) is 0 Å². The minimum absolute atomic E-state index is 0.0130. The average Bonchev–Trinajstić information content (AvgIpc) is 2.10. The van der Waals surface area contributed by atoms with Gasteiger partial charge in [0.1, 0.15) is 6.61 Å². The molecule has 12 heavy (non-hydrogen) atoms. The van der Waals surface area contributed by atoms with E-state index in [-0.39, 0.29) is 19.0 Å². The van der Waals surface area contributed by atoms with Crippen molar-refractivity contribution < 1.29 is 19.1 Å². The van der Waals surface area contributed by atoms with E-state index in [0.717, 1.165) is 6.08 Å². The minimum atomic E-state index is -0.597. The number of hydrogen-bond donors (Lipinski definition) is 0. The Kier molecular flexibility index (Phi) is 5.91. The molecular weight excluding hydrogens is 160 g/mol. The topological polar surface area (TPSA) is 52.6 Å². The molecule has 0 rings (SSSR count). The molecule has 0 spiro atoms. The molecule has 4 nitrogen and oxygen atoms in total. The smallest absolute Gasteiger partial charge is 0.330 e. The lowest BCUT2D eigenvalue weighted by atomic mass is 10.4. The van der Waals surface area contributed by atoms with Crippen LogP contribution in [0.15, 0.2) is 12.7 Å². The molecular formula is C8H12O4. The third kappa shape index (κ3) is 5.61. The number of Topliss-reactive ketones (excluding diaryl/α,β-unsaturated/α-hetero) is 1. The zero-order valence-corrected chi connectivity index (χ0v) is 7.04. The molecule has 0 saturated carbocycles.